The summed E-state index contributed by atoms with van der Waals surface area (Å²) in [7, 11) is 4.02. The maximum absolute atomic E-state index is 12.4. The lowest BCUT2D eigenvalue weighted by Crippen LogP contribution is -2.45. The van der Waals surface area contributed by atoms with Gasteiger partial charge in [0.1, 0.15) is 6.54 Å². The Bertz CT molecular complexity index is 333. The largest absolute Gasteiger partial charge is 0.480 e. The highest BCUT2D eigenvalue weighted by atomic mass is 16.4. The summed E-state index contributed by atoms with van der Waals surface area (Å²) in [5, 5.41) is 8.87. The third-order valence-corrected chi connectivity index (χ3v) is 3.60. The molecule has 2 unspecified atom stereocenters. The van der Waals surface area contributed by atoms with E-state index in [1.54, 1.807) is 4.90 Å². The normalized spacial score (nSPS) is 22.9. The summed E-state index contributed by atoms with van der Waals surface area (Å²) in [5.74, 6) is -0.551. The van der Waals surface area contributed by atoms with Gasteiger partial charge >= 0.3 is 12.0 Å². The summed E-state index contributed by atoms with van der Waals surface area (Å²) < 4.78 is 0. The number of carbonyl (C=O) groups is 2. The van der Waals surface area contributed by atoms with E-state index >= 15 is 0 Å². The SMILES string of the molecule is CCCN(CC(=O)O)C(=O)N1CC(C)C(N(C)C)C1. The Morgan fingerprint density at radius 1 is 1.32 bits per heavy atom. The van der Waals surface area contributed by atoms with Crippen LogP contribution in [0.1, 0.15) is 20.3 Å². The lowest BCUT2D eigenvalue weighted by Gasteiger charge is -2.27. The average molecular weight is 271 g/mol. The highest BCUT2D eigenvalue weighted by Gasteiger charge is 2.35. The van der Waals surface area contributed by atoms with Crippen LogP contribution in [0, 0.1) is 5.92 Å². The van der Waals surface area contributed by atoms with Crippen molar-refractivity contribution >= 4 is 12.0 Å². The summed E-state index contributed by atoms with van der Waals surface area (Å²) in [4.78, 5) is 28.5. The molecule has 2 amide bonds. The van der Waals surface area contributed by atoms with Crippen LogP contribution in [0.15, 0.2) is 0 Å². The molecule has 0 bridgehead atoms. The zero-order valence-electron chi connectivity index (χ0n) is 12.3. The molecule has 19 heavy (non-hydrogen) atoms. The monoisotopic (exact) mass is 271 g/mol. The molecule has 6 heteroatoms. The number of carboxylic acid groups (broad SMARTS) is 1. The van der Waals surface area contributed by atoms with Gasteiger partial charge in [-0.2, -0.15) is 0 Å². The van der Waals surface area contributed by atoms with Crippen molar-refractivity contribution in [3.05, 3.63) is 0 Å². The Morgan fingerprint density at radius 2 is 1.95 bits per heavy atom. The summed E-state index contributed by atoms with van der Waals surface area (Å²) in [5.41, 5.74) is 0. The second kappa shape index (κ2) is 6.75. The molecular weight excluding hydrogens is 246 g/mol. The van der Waals surface area contributed by atoms with Crippen LogP contribution in [-0.4, -0.2) is 78.1 Å². The second-order valence-electron chi connectivity index (χ2n) is 5.51. The number of carboxylic acids is 1. The van der Waals surface area contributed by atoms with Gasteiger partial charge in [-0.1, -0.05) is 13.8 Å². The van der Waals surface area contributed by atoms with E-state index in [0.717, 1.165) is 6.42 Å². The predicted octanol–water partition coefficient (Wildman–Crippen LogP) is 0.785. The van der Waals surface area contributed by atoms with Gasteiger partial charge in [-0.15, -0.1) is 0 Å². The van der Waals surface area contributed by atoms with Gasteiger partial charge in [-0.3, -0.25) is 4.79 Å². The molecule has 1 rings (SSSR count). The minimum absolute atomic E-state index is 0.152. The highest BCUT2D eigenvalue weighted by Crippen LogP contribution is 2.21. The fraction of sp³-hybridized carbons (Fsp3) is 0.846. The predicted molar refractivity (Wildman–Crippen MR) is 73.1 cm³/mol. The molecule has 110 valence electrons. The van der Waals surface area contributed by atoms with Crippen molar-refractivity contribution in [1.82, 2.24) is 14.7 Å². The van der Waals surface area contributed by atoms with Crippen molar-refractivity contribution < 1.29 is 14.7 Å². The number of hydrogen-bond donors (Lipinski definition) is 1. The van der Waals surface area contributed by atoms with E-state index in [-0.39, 0.29) is 12.6 Å². The Morgan fingerprint density at radius 3 is 2.37 bits per heavy atom. The Kier molecular flexibility index (Phi) is 5.60. The van der Waals surface area contributed by atoms with Gasteiger partial charge in [0.15, 0.2) is 0 Å². The minimum atomic E-state index is -0.960. The number of rotatable bonds is 5. The molecule has 1 saturated heterocycles. The minimum Gasteiger partial charge on any atom is -0.480 e. The van der Waals surface area contributed by atoms with E-state index in [2.05, 4.69) is 11.8 Å². The molecule has 2 atom stereocenters. The van der Waals surface area contributed by atoms with Crippen molar-refractivity contribution in [3.63, 3.8) is 0 Å². The number of urea groups is 1. The second-order valence-corrected chi connectivity index (χ2v) is 5.51. The van der Waals surface area contributed by atoms with Crippen LogP contribution in [0.4, 0.5) is 4.79 Å². The summed E-state index contributed by atoms with van der Waals surface area (Å²) in [6.07, 6.45) is 0.763. The third kappa shape index (κ3) is 4.09. The summed E-state index contributed by atoms with van der Waals surface area (Å²) in [6.45, 7) is 5.71. The zero-order chi connectivity index (χ0) is 14.6. The van der Waals surface area contributed by atoms with Gasteiger partial charge < -0.3 is 19.8 Å². The quantitative estimate of drug-likeness (QED) is 0.803. The number of likely N-dealkylation sites (N-methyl/N-ethyl adjacent to an activating group) is 1. The van der Waals surface area contributed by atoms with Crippen LogP contribution in [0.3, 0.4) is 0 Å². The summed E-state index contributed by atoms with van der Waals surface area (Å²) in [6, 6.07) is 0.192. The van der Waals surface area contributed by atoms with E-state index in [0.29, 0.717) is 31.6 Å². The fourth-order valence-corrected chi connectivity index (χ4v) is 2.65. The van der Waals surface area contributed by atoms with E-state index in [9.17, 15) is 9.59 Å². The zero-order valence-corrected chi connectivity index (χ0v) is 12.3. The van der Waals surface area contributed by atoms with Crippen molar-refractivity contribution in [1.29, 1.82) is 0 Å². The van der Waals surface area contributed by atoms with Crippen LogP contribution in [0.5, 0.6) is 0 Å². The molecule has 0 aromatic heterocycles. The molecule has 0 aliphatic carbocycles. The molecule has 0 aromatic carbocycles. The van der Waals surface area contributed by atoms with Gasteiger partial charge in [0.25, 0.3) is 0 Å². The molecule has 0 spiro atoms. The molecule has 0 radical (unpaired) electrons. The van der Waals surface area contributed by atoms with Gasteiger partial charge in [0.05, 0.1) is 0 Å². The smallest absolute Gasteiger partial charge is 0.323 e. The first-order chi connectivity index (χ1) is 8.86. The maximum atomic E-state index is 12.4. The number of carbonyl (C=O) groups excluding carboxylic acids is 1. The van der Waals surface area contributed by atoms with Crippen LogP contribution in [0.2, 0.25) is 0 Å². The van der Waals surface area contributed by atoms with Gasteiger partial charge in [0.2, 0.25) is 0 Å². The van der Waals surface area contributed by atoms with E-state index < -0.39 is 5.97 Å². The Hall–Kier alpha value is -1.30. The molecule has 0 aromatic rings. The first-order valence-electron chi connectivity index (χ1n) is 6.78. The van der Waals surface area contributed by atoms with Crippen molar-refractivity contribution in [2.24, 2.45) is 5.92 Å². The first kappa shape index (κ1) is 15.8. The van der Waals surface area contributed by atoms with E-state index in [4.69, 9.17) is 5.11 Å². The van der Waals surface area contributed by atoms with Crippen molar-refractivity contribution in [2.45, 2.75) is 26.3 Å². The first-order valence-corrected chi connectivity index (χ1v) is 6.78. The number of amides is 2. The number of aliphatic carboxylic acids is 1. The van der Waals surface area contributed by atoms with Gasteiger partial charge in [-0.25, -0.2) is 4.79 Å². The number of nitrogens with zero attached hydrogens (tertiary/aromatic N) is 3. The van der Waals surface area contributed by atoms with Crippen LogP contribution < -0.4 is 0 Å². The molecule has 0 saturated carbocycles. The fourth-order valence-electron chi connectivity index (χ4n) is 2.65. The Balaban J connectivity index is 2.67. The van der Waals surface area contributed by atoms with E-state index in [1.165, 1.54) is 4.90 Å². The standard InChI is InChI=1S/C13H25N3O3/c1-5-6-15(9-12(17)18)13(19)16-7-10(2)11(8-16)14(3)4/h10-11H,5-9H2,1-4H3,(H,17,18). The van der Waals surface area contributed by atoms with Crippen LogP contribution in [-0.2, 0) is 4.79 Å². The Labute approximate surface area is 115 Å². The van der Waals surface area contributed by atoms with E-state index in [1.807, 2.05) is 21.0 Å². The van der Waals surface area contributed by atoms with Gasteiger partial charge in [-0.05, 0) is 26.4 Å². The van der Waals surface area contributed by atoms with Crippen molar-refractivity contribution in [2.75, 3.05) is 40.3 Å². The molecule has 6 nitrogen and oxygen atoms in total. The topological polar surface area (TPSA) is 64.1 Å². The average Bonchev–Trinajstić information content (AvgIpc) is 2.69. The lowest BCUT2D eigenvalue weighted by atomic mass is 10.1. The molecule has 1 fully saturated rings. The molecule has 1 N–H and O–H groups in total. The highest BCUT2D eigenvalue weighted by molar-refractivity contribution is 5.80. The molecule has 1 aliphatic rings. The molecule has 1 aliphatic heterocycles. The van der Waals surface area contributed by atoms with Crippen LogP contribution >= 0.6 is 0 Å². The van der Waals surface area contributed by atoms with Crippen LogP contribution in [0.25, 0.3) is 0 Å². The third-order valence-electron chi connectivity index (χ3n) is 3.60. The number of likely N-dealkylation sites (tertiary alicyclic amines) is 1. The summed E-state index contributed by atoms with van der Waals surface area (Å²) >= 11 is 0. The maximum Gasteiger partial charge on any atom is 0.323 e. The lowest BCUT2D eigenvalue weighted by molar-refractivity contribution is -0.137. The van der Waals surface area contributed by atoms with Gasteiger partial charge in [0, 0.05) is 25.7 Å². The molecule has 1 heterocycles. The number of hydrogen-bond acceptors (Lipinski definition) is 3. The molecular formula is C13H25N3O3. The van der Waals surface area contributed by atoms with Crippen molar-refractivity contribution in [3.8, 4) is 0 Å².